The first-order chi connectivity index (χ1) is 11.9. The van der Waals surface area contributed by atoms with Gasteiger partial charge in [0.1, 0.15) is 0 Å². The van der Waals surface area contributed by atoms with Crippen LogP contribution in [0.25, 0.3) is 11.3 Å². The highest BCUT2D eigenvalue weighted by atomic mass is 32.1. The number of carbonyl (C=O) groups excluding carboxylic acids is 1. The fourth-order valence-corrected chi connectivity index (χ4v) is 3.35. The van der Waals surface area contributed by atoms with Crippen LogP contribution in [0, 0.1) is 0 Å². The third-order valence-corrected chi connectivity index (χ3v) is 5.07. The molecule has 3 rings (SSSR count). The molecule has 0 aliphatic rings. The maximum absolute atomic E-state index is 12.7. The summed E-state index contributed by atoms with van der Waals surface area (Å²) in [4.78, 5) is 19.0. The van der Waals surface area contributed by atoms with E-state index in [1.54, 1.807) is 11.9 Å². The quantitative estimate of drug-likeness (QED) is 0.635. The van der Waals surface area contributed by atoms with Crippen molar-refractivity contribution < 1.29 is 4.79 Å². The molecule has 0 N–H and O–H groups in total. The van der Waals surface area contributed by atoms with Crippen LogP contribution in [0.1, 0.15) is 36.7 Å². The lowest BCUT2D eigenvalue weighted by molar-refractivity contribution is 0.0993. The lowest BCUT2D eigenvalue weighted by Crippen LogP contribution is -2.26. The van der Waals surface area contributed by atoms with E-state index in [9.17, 15) is 4.79 Å². The summed E-state index contributed by atoms with van der Waals surface area (Å²) in [6, 6.07) is 17.8. The third kappa shape index (κ3) is 3.80. The summed E-state index contributed by atoms with van der Waals surface area (Å²) in [6.45, 7) is 6.49. The van der Waals surface area contributed by atoms with Gasteiger partial charge in [-0.2, -0.15) is 0 Å². The lowest BCUT2D eigenvalue weighted by Gasteiger charge is -2.20. The van der Waals surface area contributed by atoms with Gasteiger partial charge in [0.05, 0.1) is 5.69 Å². The first-order valence-electron chi connectivity index (χ1n) is 8.26. The van der Waals surface area contributed by atoms with Crippen molar-refractivity contribution >= 4 is 22.4 Å². The van der Waals surface area contributed by atoms with E-state index in [0.29, 0.717) is 10.7 Å². The molecule has 1 amide bonds. The molecule has 4 heteroatoms. The highest BCUT2D eigenvalue weighted by molar-refractivity contribution is 7.14. The van der Waals surface area contributed by atoms with Gasteiger partial charge in [-0.25, -0.2) is 4.98 Å². The third-order valence-electron chi connectivity index (χ3n) is 4.15. The summed E-state index contributed by atoms with van der Waals surface area (Å²) >= 11 is 1.48. The molecule has 0 bridgehead atoms. The molecule has 0 atom stereocenters. The summed E-state index contributed by atoms with van der Waals surface area (Å²) in [6.07, 6.45) is 0. The topological polar surface area (TPSA) is 33.2 Å². The Hall–Kier alpha value is -2.46. The Balaban J connectivity index is 1.80. The van der Waals surface area contributed by atoms with Crippen LogP contribution in [0.15, 0.2) is 60.0 Å². The Kier molecular flexibility index (Phi) is 4.73. The molecule has 3 aromatic rings. The SMILES string of the molecule is CN(C(=O)c1ccc(C(C)(C)C)cc1)c1nc(-c2ccccc2)cs1. The molecule has 1 aromatic heterocycles. The maximum Gasteiger partial charge on any atom is 0.259 e. The molecule has 0 radical (unpaired) electrons. The van der Waals surface area contributed by atoms with E-state index in [4.69, 9.17) is 0 Å². The molecular weight excluding hydrogens is 328 g/mol. The van der Waals surface area contributed by atoms with Gasteiger partial charge in [-0.05, 0) is 23.1 Å². The van der Waals surface area contributed by atoms with Crippen LogP contribution in [-0.4, -0.2) is 17.9 Å². The number of hydrogen-bond donors (Lipinski definition) is 0. The van der Waals surface area contributed by atoms with E-state index in [1.807, 2.05) is 60.0 Å². The number of carbonyl (C=O) groups is 1. The van der Waals surface area contributed by atoms with Crippen LogP contribution >= 0.6 is 11.3 Å². The van der Waals surface area contributed by atoms with Crippen molar-refractivity contribution in [2.45, 2.75) is 26.2 Å². The van der Waals surface area contributed by atoms with Crippen LogP contribution < -0.4 is 4.90 Å². The molecule has 128 valence electrons. The smallest absolute Gasteiger partial charge is 0.259 e. The monoisotopic (exact) mass is 350 g/mol. The predicted octanol–water partition coefficient (Wildman–Crippen LogP) is 5.38. The van der Waals surface area contributed by atoms with Gasteiger partial charge in [0.2, 0.25) is 0 Å². The Labute approximate surface area is 153 Å². The van der Waals surface area contributed by atoms with Crippen molar-refractivity contribution in [3.8, 4) is 11.3 Å². The minimum atomic E-state index is -0.0468. The number of amides is 1. The molecule has 0 saturated carbocycles. The molecular formula is C21H22N2OS. The Morgan fingerprint density at radius 3 is 2.24 bits per heavy atom. The van der Waals surface area contributed by atoms with E-state index in [1.165, 1.54) is 16.9 Å². The van der Waals surface area contributed by atoms with Crippen molar-refractivity contribution in [3.05, 3.63) is 71.1 Å². The number of rotatable bonds is 3. The minimum absolute atomic E-state index is 0.0468. The van der Waals surface area contributed by atoms with E-state index >= 15 is 0 Å². The molecule has 0 aliphatic heterocycles. The molecule has 0 unspecified atom stereocenters. The maximum atomic E-state index is 12.7. The molecule has 2 aromatic carbocycles. The Morgan fingerprint density at radius 2 is 1.64 bits per heavy atom. The van der Waals surface area contributed by atoms with Crippen LogP contribution in [0.3, 0.4) is 0 Å². The van der Waals surface area contributed by atoms with Crippen molar-refractivity contribution in [2.75, 3.05) is 11.9 Å². The molecule has 1 heterocycles. The van der Waals surface area contributed by atoms with Gasteiger partial charge in [-0.15, -0.1) is 11.3 Å². The molecule has 3 nitrogen and oxygen atoms in total. The second-order valence-electron chi connectivity index (χ2n) is 7.07. The standard InChI is InChI=1S/C21H22N2OS/c1-21(2,3)17-12-10-16(11-13-17)19(24)23(4)20-22-18(14-25-20)15-8-6-5-7-9-15/h5-14H,1-4H3. The number of hydrogen-bond acceptors (Lipinski definition) is 3. The zero-order valence-corrected chi connectivity index (χ0v) is 15.8. The van der Waals surface area contributed by atoms with Gasteiger partial charge in [0.25, 0.3) is 5.91 Å². The van der Waals surface area contributed by atoms with E-state index in [-0.39, 0.29) is 11.3 Å². The van der Waals surface area contributed by atoms with Crippen molar-refractivity contribution in [2.24, 2.45) is 0 Å². The molecule has 0 aliphatic carbocycles. The summed E-state index contributed by atoms with van der Waals surface area (Å²) < 4.78 is 0. The van der Waals surface area contributed by atoms with Gasteiger partial charge in [-0.3, -0.25) is 9.69 Å². The minimum Gasteiger partial charge on any atom is -0.287 e. The summed E-state index contributed by atoms with van der Waals surface area (Å²) in [7, 11) is 1.77. The molecule has 0 spiro atoms. The lowest BCUT2D eigenvalue weighted by atomic mass is 9.86. The number of benzene rings is 2. The van der Waals surface area contributed by atoms with Crippen LogP contribution in [0.4, 0.5) is 5.13 Å². The summed E-state index contributed by atoms with van der Waals surface area (Å²) in [5.41, 5.74) is 3.91. The zero-order chi connectivity index (χ0) is 18.0. The van der Waals surface area contributed by atoms with Crippen LogP contribution in [-0.2, 0) is 5.41 Å². The van der Waals surface area contributed by atoms with E-state index in [0.717, 1.165) is 11.3 Å². The second kappa shape index (κ2) is 6.81. The van der Waals surface area contributed by atoms with Crippen molar-refractivity contribution in [1.29, 1.82) is 0 Å². The largest absolute Gasteiger partial charge is 0.287 e. The molecule has 0 saturated heterocycles. The molecule has 0 fully saturated rings. The normalized spacial score (nSPS) is 11.4. The first-order valence-corrected chi connectivity index (χ1v) is 9.14. The fraction of sp³-hybridized carbons (Fsp3) is 0.238. The molecule has 25 heavy (non-hydrogen) atoms. The number of anilines is 1. The van der Waals surface area contributed by atoms with Gasteiger partial charge in [0, 0.05) is 23.6 Å². The van der Waals surface area contributed by atoms with Crippen molar-refractivity contribution in [3.63, 3.8) is 0 Å². The second-order valence-corrected chi connectivity index (χ2v) is 7.91. The average molecular weight is 350 g/mol. The number of thiazole rings is 1. The van der Waals surface area contributed by atoms with Crippen LogP contribution in [0.5, 0.6) is 0 Å². The van der Waals surface area contributed by atoms with Gasteiger partial charge in [-0.1, -0.05) is 63.2 Å². The first kappa shape index (κ1) is 17.4. The summed E-state index contributed by atoms with van der Waals surface area (Å²) in [5.74, 6) is -0.0468. The number of nitrogens with zero attached hydrogens (tertiary/aromatic N) is 2. The zero-order valence-electron chi connectivity index (χ0n) is 15.0. The van der Waals surface area contributed by atoms with E-state index in [2.05, 4.69) is 25.8 Å². The highest BCUT2D eigenvalue weighted by Gasteiger charge is 2.19. The highest BCUT2D eigenvalue weighted by Crippen LogP contribution is 2.28. The van der Waals surface area contributed by atoms with Gasteiger partial charge in [0.15, 0.2) is 5.13 Å². The fourth-order valence-electron chi connectivity index (χ4n) is 2.55. The Morgan fingerprint density at radius 1 is 1.00 bits per heavy atom. The van der Waals surface area contributed by atoms with Gasteiger partial charge < -0.3 is 0 Å². The average Bonchev–Trinajstić information content (AvgIpc) is 3.11. The van der Waals surface area contributed by atoms with Crippen molar-refractivity contribution in [1.82, 2.24) is 4.98 Å². The van der Waals surface area contributed by atoms with E-state index < -0.39 is 0 Å². The van der Waals surface area contributed by atoms with Gasteiger partial charge >= 0.3 is 0 Å². The predicted molar refractivity (Wildman–Crippen MR) is 105 cm³/mol. The number of aromatic nitrogens is 1. The summed E-state index contributed by atoms with van der Waals surface area (Å²) in [5, 5.41) is 2.68. The van der Waals surface area contributed by atoms with Crippen LogP contribution in [0.2, 0.25) is 0 Å². The Bertz CT molecular complexity index is 861.